The van der Waals surface area contributed by atoms with Crippen LogP contribution in [-0.4, -0.2) is 4.98 Å². The summed E-state index contributed by atoms with van der Waals surface area (Å²) in [7, 11) is 0. The monoisotopic (exact) mass is 254 g/mol. The number of hydrogen-bond acceptors (Lipinski definition) is 5. The third-order valence-electron chi connectivity index (χ3n) is 2.03. The van der Waals surface area contributed by atoms with Crippen LogP contribution < -0.4 is 16.8 Å². The molecule has 2 aromatic heterocycles. The van der Waals surface area contributed by atoms with Gasteiger partial charge in [-0.15, -0.1) is 11.3 Å². The van der Waals surface area contributed by atoms with Gasteiger partial charge in [0.25, 0.3) is 0 Å². The first kappa shape index (κ1) is 11.0. The SMILES string of the molecule is Nc1ccc(NCc2ccc(Cl)s2)nc1N. The van der Waals surface area contributed by atoms with Gasteiger partial charge in [-0.1, -0.05) is 11.6 Å². The van der Waals surface area contributed by atoms with E-state index in [1.54, 1.807) is 12.1 Å². The number of rotatable bonds is 3. The van der Waals surface area contributed by atoms with Gasteiger partial charge >= 0.3 is 0 Å². The zero-order chi connectivity index (χ0) is 11.5. The third-order valence-corrected chi connectivity index (χ3v) is 3.26. The van der Waals surface area contributed by atoms with Crippen LogP contribution in [0.25, 0.3) is 0 Å². The van der Waals surface area contributed by atoms with E-state index in [1.807, 2.05) is 12.1 Å². The fourth-order valence-electron chi connectivity index (χ4n) is 1.21. The number of aromatic nitrogens is 1. The second-order valence-corrected chi connectivity index (χ2v) is 5.03. The zero-order valence-electron chi connectivity index (χ0n) is 8.40. The number of nitrogen functional groups attached to an aromatic ring is 2. The van der Waals surface area contributed by atoms with Crippen molar-refractivity contribution in [2.45, 2.75) is 6.54 Å². The van der Waals surface area contributed by atoms with Crippen LogP contribution in [0.3, 0.4) is 0 Å². The average molecular weight is 255 g/mol. The standard InChI is InChI=1S/C10H11ClN4S/c11-8-3-1-6(16-8)5-14-9-4-2-7(12)10(13)15-9/h1-4H,5,12H2,(H3,13,14,15). The van der Waals surface area contributed by atoms with Crippen LogP contribution in [0.15, 0.2) is 24.3 Å². The maximum Gasteiger partial charge on any atom is 0.149 e. The Hall–Kier alpha value is -1.46. The lowest BCUT2D eigenvalue weighted by molar-refractivity contribution is 1.15. The fraction of sp³-hybridized carbons (Fsp3) is 0.100. The number of anilines is 3. The molecule has 0 aliphatic carbocycles. The highest BCUT2D eigenvalue weighted by molar-refractivity contribution is 7.16. The molecule has 6 heteroatoms. The molecule has 0 unspecified atom stereocenters. The second-order valence-electron chi connectivity index (χ2n) is 3.23. The van der Waals surface area contributed by atoms with Crippen molar-refractivity contribution in [3.63, 3.8) is 0 Å². The summed E-state index contributed by atoms with van der Waals surface area (Å²) in [6, 6.07) is 7.36. The number of nitrogens with zero attached hydrogens (tertiary/aromatic N) is 1. The first-order chi connectivity index (χ1) is 7.65. The van der Waals surface area contributed by atoms with Crippen molar-refractivity contribution in [2.24, 2.45) is 0 Å². The van der Waals surface area contributed by atoms with Gasteiger partial charge in [-0.2, -0.15) is 0 Å². The smallest absolute Gasteiger partial charge is 0.149 e. The molecule has 16 heavy (non-hydrogen) atoms. The van der Waals surface area contributed by atoms with Crippen molar-refractivity contribution in [3.8, 4) is 0 Å². The molecule has 0 atom stereocenters. The van der Waals surface area contributed by atoms with E-state index in [1.165, 1.54) is 11.3 Å². The number of nitrogens with one attached hydrogen (secondary N) is 1. The summed E-state index contributed by atoms with van der Waals surface area (Å²) in [5.74, 6) is 1.05. The van der Waals surface area contributed by atoms with E-state index in [9.17, 15) is 0 Å². The summed E-state index contributed by atoms with van der Waals surface area (Å²) in [5, 5.41) is 3.15. The predicted molar refractivity (Wildman–Crippen MR) is 69.7 cm³/mol. The van der Waals surface area contributed by atoms with E-state index in [0.717, 1.165) is 9.21 Å². The van der Waals surface area contributed by atoms with Gasteiger partial charge in [0.1, 0.15) is 11.6 Å². The van der Waals surface area contributed by atoms with E-state index < -0.39 is 0 Å². The first-order valence-electron chi connectivity index (χ1n) is 4.65. The number of hydrogen-bond donors (Lipinski definition) is 3. The van der Waals surface area contributed by atoms with E-state index in [0.29, 0.717) is 23.9 Å². The molecule has 0 bridgehead atoms. The van der Waals surface area contributed by atoms with Gasteiger partial charge in [-0.3, -0.25) is 0 Å². The van der Waals surface area contributed by atoms with E-state index in [-0.39, 0.29) is 0 Å². The Bertz CT molecular complexity index is 497. The van der Waals surface area contributed by atoms with Gasteiger partial charge in [-0.25, -0.2) is 4.98 Å². The van der Waals surface area contributed by atoms with E-state index in [2.05, 4.69) is 10.3 Å². The van der Waals surface area contributed by atoms with Crippen molar-refractivity contribution >= 4 is 40.3 Å². The molecule has 0 aliphatic rings. The Balaban J connectivity index is 2.02. The lowest BCUT2D eigenvalue weighted by Crippen LogP contribution is -2.03. The molecule has 2 heterocycles. The number of nitrogens with two attached hydrogens (primary N) is 2. The normalized spacial score (nSPS) is 10.3. The molecule has 2 rings (SSSR count). The van der Waals surface area contributed by atoms with E-state index >= 15 is 0 Å². The quantitative estimate of drug-likeness (QED) is 0.787. The molecule has 0 amide bonds. The highest BCUT2D eigenvalue weighted by atomic mass is 35.5. The first-order valence-corrected chi connectivity index (χ1v) is 5.84. The van der Waals surface area contributed by atoms with Crippen LogP contribution >= 0.6 is 22.9 Å². The molecular formula is C10H11ClN4S. The lowest BCUT2D eigenvalue weighted by atomic mass is 10.4. The summed E-state index contributed by atoms with van der Waals surface area (Å²) < 4.78 is 0.779. The Morgan fingerprint density at radius 1 is 1.25 bits per heavy atom. The number of thiophene rings is 1. The largest absolute Gasteiger partial charge is 0.396 e. The maximum absolute atomic E-state index is 5.83. The van der Waals surface area contributed by atoms with Crippen LogP contribution in [0.1, 0.15) is 4.88 Å². The van der Waals surface area contributed by atoms with Crippen LogP contribution in [0.5, 0.6) is 0 Å². The molecule has 84 valence electrons. The Labute approximate surface area is 102 Å². The van der Waals surface area contributed by atoms with E-state index in [4.69, 9.17) is 23.1 Å². The highest BCUT2D eigenvalue weighted by Crippen LogP contribution is 2.22. The van der Waals surface area contributed by atoms with Gasteiger partial charge in [0.2, 0.25) is 0 Å². The third kappa shape index (κ3) is 2.56. The molecule has 0 saturated carbocycles. The predicted octanol–water partition coefficient (Wildman–Crippen LogP) is 2.57. The average Bonchev–Trinajstić information content (AvgIpc) is 2.66. The van der Waals surface area contributed by atoms with Gasteiger partial charge < -0.3 is 16.8 Å². The summed E-state index contributed by atoms with van der Waals surface area (Å²) in [4.78, 5) is 5.25. The van der Waals surface area contributed by atoms with Gasteiger partial charge in [0, 0.05) is 4.88 Å². The summed E-state index contributed by atoms with van der Waals surface area (Å²) in [6.45, 7) is 0.674. The van der Waals surface area contributed by atoms with Crippen LogP contribution in [-0.2, 0) is 6.54 Å². The van der Waals surface area contributed by atoms with Crippen LogP contribution in [0, 0.1) is 0 Å². The molecule has 0 spiro atoms. The second kappa shape index (κ2) is 4.59. The number of halogens is 1. The molecule has 0 aliphatic heterocycles. The Morgan fingerprint density at radius 3 is 2.69 bits per heavy atom. The molecule has 0 fully saturated rings. The molecule has 2 aromatic rings. The summed E-state index contributed by atoms with van der Waals surface area (Å²) in [6.07, 6.45) is 0. The van der Waals surface area contributed by atoms with Crippen LogP contribution in [0.2, 0.25) is 4.34 Å². The molecule has 5 N–H and O–H groups in total. The van der Waals surface area contributed by atoms with Gasteiger partial charge in [0.15, 0.2) is 0 Å². The minimum Gasteiger partial charge on any atom is -0.396 e. The minimum absolute atomic E-state index is 0.342. The van der Waals surface area contributed by atoms with Crippen molar-refractivity contribution in [1.29, 1.82) is 0 Å². The van der Waals surface area contributed by atoms with Crippen molar-refractivity contribution < 1.29 is 0 Å². The van der Waals surface area contributed by atoms with Crippen LogP contribution in [0.4, 0.5) is 17.3 Å². The maximum atomic E-state index is 5.83. The molecule has 0 radical (unpaired) electrons. The minimum atomic E-state index is 0.342. The van der Waals surface area contributed by atoms with Gasteiger partial charge in [0.05, 0.1) is 16.6 Å². The lowest BCUT2D eigenvalue weighted by Gasteiger charge is -2.05. The van der Waals surface area contributed by atoms with Crippen molar-refractivity contribution in [2.75, 3.05) is 16.8 Å². The fourth-order valence-corrected chi connectivity index (χ4v) is 2.24. The Kier molecular flexibility index (Phi) is 3.17. The Morgan fingerprint density at radius 2 is 2.06 bits per heavy atom. The van der Waals surface area contributed by atoms with Gasteiger partial charge in [-0.05, 0) is 24.3 Å². The topological polar surface area (TPSA) is 77.0 Å². The van der Waals surface area contributed by atoms with Crippen molar-refractivity contribution in [3.05, 3.63) is 33.5 Å². The molecule has 0 saturated heterocycles. The molecule has 0 aromatic carbocycles. The summed E-state index contributed by atoms with van der Waals surface area (Å²) in [5.41, 5.74) is 11.7. The highest BCUT2D eigenvalue weighted by Gasteiger charge is 2.01. The molecular weight excluding hydrogens is 244 g/mol. The number of pyridine rings is 1. The zero-order valence-corrected chi connectivity index (χ0v) is 9.98. The molecule has 4 nitrogen and oxygen atoms in total. The van der Waals surface area contributed by atoms with Crippen molar-refractivity contribution in [1.82, 2.24) is 4.98 Å². The summed E-state index contributed by atoms with van der Waals surface area (Å²) >= 11 is 7.36.